The van der Waals surface area contributed by atoms with Crippen molar-refractivity contribution in [3.63, 3.8) is 0 Å². The fourth-order valence-corrected chi connectivity index (χ4v) is 3.77. The van der Waals surface area contributed by atoms with Crippen LogP contribution in [-0.4, -0.2) is 50.1 Å². The molecular formula is C14H18N2O3S2. The van der Waals surface area contributed by atoms with Crippen LogP contribution in [0, 0.1) is 0 Å². The number of aromatic hydroxyl groups is 2. The number of nitrogens with two attached hydrogens (primary N) is 1. The Labute approximate surface area is 133 Å². The Bertz CT molecular complexity index is 549. The zero-order chi connectivity index (χ0) is 15.6. The van der Waals surface area contributed by atoms with Gasteiger partial charge in [0.05, 0.1) is 9.74 Å². The molecule has 1 amide bonds. The molecule has 0 aromatic heterocycles. The Morgan fingerprint density at radius 2 is 1.86 bits per heavy atom. The number of amides is 1. The van der Waals surface area contributed by atoms with Crippen molar-refractivity contribution in [1.29, 1.82) is 0 Å². The normalized spacial score (nSPS) is 17.5. The molecule has 21 heavy (non-hydrogen) atoms. The summed E-state index contributed by atoms with van der Waals surface area (Å²) in [6, 6.07) is 4.26. The highest BCUT2D eigenvalue weighted by Gasteiger charge is 2.38. The van der Waals surface area contributed by atoms with Gasteiger partial charge in [0.15, 0.2) is 0 Å². The van der Waals surface area contributed by atoms with E-state index in [2.05, 4.69) is 0 Å². The second-order valence-electron chi connectivity index (χ2n) is 5.03. The Morgan fingerprint density at radius 1 is 1.33 bits per heavy atom. The summed E-state index contributed by atoms with van der Waals surface area (Å²) < 4.78 is -0.271. The summed E-state index contributed by atoms with van der Waals surface area (Å²) >= 11 is 6.75. The molecule has 1 aliphatic heterocycles. The smallest absolute Gasteiger partial charge is 0.261 e. The van der Waals surface area contributed by atoms with Gasteiger partial charge < -0.3 is 20.8 Å². The van der Waals surface area contributed by atoms with E-state index < -0.39 is 0 Å². The van der Waals surface area contributed by atoms with Gasteiger partial charge in [0.1, 0.15) is 17.1 Å². The zero-order valence-electron chi connectivity index (χ0n) is 11.7. The van der Waals surface area contributed by atoms with Gasteiger partial charge >= 0.3 is 0 Å². The van der Waals surface area contributed by atoms with Crippen molar-refractivity contribution in [2.75, 3.05) is 19.3 Å². The van der Waals surface area contributed by atoms with Gasteiger partial charge in [-0.15, -0.1) is 0 Å². The highest BCUT2D eigenvalue weighted by molar-refractivity contribution is 8.02. The van der Waals surface area contributed by atoms with Crippen molar-refractivity contribution in [3.05, 3.63) is 23.8 Å². The number of hydrogen-bond acceptors (Lipinski definition) is 5. The van der Waals surface area contributed by atoms with E-state index in [1.165, 1.54) is 18.2 Å². The molecule has 5 nitrogen and oxygen atoms in total. The Balaban J connectivity index is 2.16. The van der Waals surface area contributed by atoms with Crippen LogP contribution >= 0.6 is 24.0 Å². The summed E-state index contributed by atoms with van der Waals surface area (Å²) in [5, 5.41) is 19.6. The van der Waals surface area contributed by atoms with Crippen LogP contribution in [-0.2, 0) is 0 Å². The molecule has 1 aliphatic rings. The average molecular weight is 326 g/mol. The van der Waals surface area contributed by atoms with Crippen molar-refractivity contribution in [2.24, 2.45) is 5.73 Å². The lowest BCUT2D eigenvalue weighted by Gasteiger charge is -2.40. The summed E-state index contributed by atoms with van der Waals surface area (Å²) in [4.78, 5) is 14.5. The lowest BCUT2D eigenvalue weighted by Crippen LogP contribution is -2.50. The van der Waals surface area contributed by atoms with Crippen LogP contribution in [0.4, 0.5) is 0 Å². The molecule has 1 heterocycles. The number of thioether (sulfide) groups is 1. The maximum Gasteiger partial charge on any atom is 0.261 e. The predicted octanol–water partition coefficient (Wildman–Crippen LogP) is 1.72. The number of benzene rings is 1. The molecular weight excluding hydrogens is 308 g/mol. The summed E-state index contributed by atoms with van der Waals surface area (Å²) in [6.07, 6.45) is 3.30. The van der Waals surface area contributed by atoms with Crippen LogP contribution in [0.2, 0.25) is 0 Å². The van der Waals surface area contributed by atoms with Crippen molar-refractivity contribution >= 4 is 34.9 Å². The maximum absolute atomic E-state index is 12.4. The average Bonchev–Trinajstić information content (AvgIpc) is 2.46. The molecule has 0 radical (unpaired) electrons. The van der Waals surface area contributed by atoms with Crippen LogP contribution in [0.1, 0.15) is 23.2 Å². The number of likely N-dealkylation sites (tertiary alicyclic amines) is 1. The minimum atomic E-state index is -0.372. The number of carbonyl (C=O) groups excluding carboxylic acids is 1. The van der Waals surface area contributed by atoms with Gasteiger partial charge in [-0.25, -0.2) is 0 Å². The van der Waals surface area contributed by atoms with Crippen molar-refractivity contribution in [1.82, 2.24) is 4.90 Å². The van der Waals surface area contributed by atoms with Crippen molar-refractivity contribution < 1.29 is 15.0 Å². The molecule has 1 fully saturated rings. The van der Waals surface area contributed by atoms with Crippen LogP contribution < -0.4 is 5.73 Å². The number of hydrogen-bond donors (Lipinski definition) is 3. The summed E-state index contributed by atoms with van der Waals surface area (Å²) in [5.41, 5.74) is 5.77. The third-order valence-corrected chi connectivity index (χ3v) is 5.86. The number of carbonyl (C=O) groups is 1. The molecule has 0 unspecified atom stereocenters. The zero-order valence-corrected chi connectivity index (χ0v) is 13.3. The highest BCUT2D eigenvalue weighted by atomic mass is 32.2. The third-order valence-electron chi connectivity index (χ3n) is 3.93. The summed E-state index contributed by atoms with van der Waals surface area (Å²) in [7, 11) is 0. The first-order chi connectivity index (χ1) is 9.91. The predicted molar refractivity (Wildman–Crippen MR) is 87.9 cm³/mol. The van der Waals surface area contributed by atoms with E-state index in [1.54, 1.807) is 16.7 Å². The number of piperidine rings is 1. The standard InChI is InChI=1S/C14H18N2O3S2/c1-21-14(13(15)20)5-7-16(8-6-14)12(19)11-9(17)3-2-4-10(11)18/h2-4,17-18H,5-8H2,1H3,(H2,15,20). The first kappa shape index (κ1) is 15.9. The summed E-state index contributed by atoms with van der Waals surface area (Å²) in [5.74, 6) is -0.796. The Hall–Kier alpha value is -1.47. The minimum absolute atomic E-state index is 0.0514. The van der Waals surface area contributed by atoms with E-state index in [0.29, 0.717) is 30.9 Å². The van der Waals surface area contributed by atoms with Gasteiger partial charge in [-0.2, -0.15) is 11.8 Å². The molecule has 4 N–H and O–H groups in total. The van der Waals surface area contributed by atoms with E-state index in [4.69, 9.17) is 18.0 Å². The van der Waals surface area contributed by atoms with Crippen molar-refractivity contribution in [3.8, 4) is 11.5 Å². The first-order valence-corrected chi connectivity index (χ1v) is 8.20. The topological polar surface area (TPSA) is 86.8 Å². The maximum atomic E-state index is 12.4. The van der Waals surface area contributed by atoms with Crippen LogP contribution in [0.25, 0.3) is 0 Å². The van der Waals surface area contributed by atoms with Crippen LogP contribution in [0.5, 0.6) is 11.5 Å². The van der Waals surface area contributed by atoms with Gasteiger partial charge in [-0.1, -0.05) is 18.3 Å². The molecule has 0 atom stereocenters. The van der Waals surface area contributed by atoms with Gasteiger partial charge in [-0.05, 0) is 31.2 Å². The third kappa shape index (κ3) is 2.94. The van der Waals surface area contributed by atoms with E-state index in [0.717, 1.165) is 0 Å². The van der Waals surface area contributed by atoms with Crippen LogP contribution in [0.3, 0.4) is 0 Å². The molecule has 2 rings (SSSR count). The van der Waals surface area contributed by atoms with Gasteiger partial charge in [0, 0.05) is 13.1 Å². The number of nitrogens with zero attached hydrogens (tertiary/aromatic N) is 1. The molecule has 114 valence electrons. The first-order valence-electron chi connectivity index (χ1n) is 6.56. The van der Waals surface area contributed by atoms with Crippen molar-refractivity contribution in [2.45, 2.75) is 17.6 Å². The van der Waals surface area contributed by atoms with Gasteiger partial charge in [0.2, 0.25) is 0 Å². The van der Waals surface area contributed by atoms with E-state index in [1.807, 2.05) is 6.26 Å². The van der Waals surface area contributed by atoms with Crippen LogP contribution in [0.15, 0.2) is 18.2 Å². The Morgan fingerprint density at radius 3 is 2.29 bits per heavy atom. The molecule has 0 spiro atoms. The van der Waals surface area contributed by atoms with Gasteiger partial charge in [0.25, 0.3) is 5.91 Å². The molecule has 1 saturated heterocycles. The van der Waals surface area contributed by atoms with Gasteiger partial charge in [-0.3, -0.25) is 4.79 Å². The lowest BCUT2D eigenvalue weighted by molar-refractivity contribution is 0.0712. The monoisotopic (exact) mass is 326 g/mol. The number of phenols is 2. The molecule has 1 aromatic carbocycles. The lowest BCUT2D eigenvalue weighted by atomic mass is 9.95. The van der Waals surface area contributed by atoms with E-state index >= 15 is 0 Å². The fourth-order valence-electron chi connectivity index (χ4n) is 2.53. The largest absolute Gasteiger partial charge is 0.507 e. The number of thiocarbonyl (C=S) groups is 1. The molecule has 1 aromatic rings. The quantitative estimate of drug-likeness (QED) is 0.733. The minimum Gasteiger partial charge on any atom is -0.507 e. The number of phenolic OH excluding ortho intramolecular Hbond substituents is 2. The Kier molecular flexibility index (Phi) is 4.63. The number of rotatable bonds is 3. The fraction of sp³-hybridized carbons (Fsp3) is 0.429. The second-order valence-corrected chi connectivity index (χ2v) is 6.66. The summed E-state index contributed by atoms with van der Waals surface area (Å²) in [6.45, 7) is 0.982. The molecule has 0 aliphatic carbocycles. The second kappa shape index (κ2) is 6.11. The molecule has 0 saturated carbocycles. The highest BCUT2D eigenvalue weighted by Crippen LogP contribution is 2.36. The molecule has 0 bridgehead atoms. The van der Waals surface area contributed by atoms with E-state index in [9.17, 15) is 15.0 Å². The molecule has 7 heteroatoms. The SMILES string of the molecule is CSC1(C(N)=S)CCN(C(=O)c2c(O)cccc2O)CC1. The van der Waals surface area contributed by atoms with E-state index in [-0.39, 0.29) is 27.7 Å².